The largest absolute Gasteiger partial charge is 0.434 e. The van der Waals surface area contributed by atoms with Gasteiger partial charge in [0.25, 0.3) is 5.91 Å². The third-order valence-corrected chi connectivity index (χ3v) is 3.14. The van der Waals surface area contributed by atoms with E-state index in [0.29, 0.717) is 16.8 Å². The van der Waals surface area contributed by atoms with Gasteiger partial charge in [0.15, 0.2) is 0 Å². The molecule has 1 amide bonds. The van der Waals surface area contributed by atoms with Crippen LogP contribution >= 0.6 is 0 Å². The molecule has 2 heterocycles. The highest BCUT2D eigenvalue weighted by atomic mass is 19.3. The van der Waals surface area contributed by atoms with Crippen molar-refractivity contribution in [2.24, 2.45) is 0 Å². The van der Waals surface area contributed by atoms with Crippen LogP contribution in [0.2, 0.25) is 0 Å². The van der Waals surface area contributed by atoms with Gasteiger partial charge in [-0.2, -0.15) is 8.78 Å². The third-order valence-electron chi connectivity index (χ3n) is 3.14. The van der Waals surface area contributed by atoms with E-state index in [2.05, 4.69) is 15.0 Å². The molecule has 0 spiro atoms. The van der Waals surface area contributed by atoms with E-state index >= 15 is 0 Å². The molecule has 3 rings (SSSR count). The zero-order valence-electron chi connectivity index (χ0n) is 10.6. The van der Waals surface area contributed by atoms with Gasteiger partial charge in [-0.25, -0.2) is 4.39 Å². The Bertz CT molecular complexity index is 719. The van der Waals surface area contributed by atoms with Crippen LogP contribution in [-0.4, -0.2) is 17.5 Å². The first-order valence-electron chi connectivity index (χ1n) is 6.07. The second-order valence-electron chi connectivity index (χ2n) is 4.39. The van der Waals surface area contributed by atoms with Gasteiger partial charge in [0, 0.05) is 35.5 Å². The molecule has 1 N–H and O–H groups in total. The highest BCUT2D eigenvalue weighted by Crippen LogP contribution is 2.34. The predicted molar refractivity (Wildman–Crippen MR) is 67.4 cm³/mol. The van der Waals surface area contributed by atoms with Crippen molar-refractivity contribution in [3.63, 3.8) is 0 Å². The number of rotatable bonds is 3. The average molecular weight is 294 g/mol. The van der Waals surface area contributed by atoms with Gasteiger partial charge in [-0.15, -0.1) is 0 Å². The van der Waals surface area contributed by atoms with Crippen LogP contribution in [0.25, 0.3) is 11.3 Å². The number of hydrogen-bond acceptors (Lipinski definition) is 3. The minimum absolute atomic E-state index is 0.213. The van der Waals surface area contributed by atoms with Crippen molar-refractivity contribution in [2.75, 3.05) is 0 Å². The molecule has 0 saturated carbocycles. The molecule has 1 aromatic carbocycles. The molecule has 4 nitrogen and oxygen atoms in total. The second kappa shape index (κ2) is 5.08. The van der Waals surface area contributed by atoms with Gasteiger partial charge in [-0.3, -0.25) is 9.78 Å². The maximum Gasteiger partial charge on any atom is 0.387 e. The number of carbonyl (C=O) groups is 1. The summed E-state index contributed by atoms with van der Waals surface area (Å²) in [7, 11) is 0. The van der Waals surface area contributed by atoms with Crippen LogP contribution in [0.3, 0.4) is 0 Å². The van der Waals surface area contributed by atoms with Gasteiger partial charge in [-0.05, 0) is 18.2 Å². The van der Waals surface area contributed by atoms with Crippen molar-refractivity contribution >= 4 is 5.91 Å². The minimum atomic E-state index is -3.08. The summed E-state index contributed by atoms with van der Waals surface area (Å²) in [6.07, 6.45) is 1.40. The maximum absolute atomic E-state index is 13.2. The highest BCUT2D eigenvalue weighted by Gasteiger charge is 2.25. The number of ether oxygens (including phenoxy) is 1. The van der Waals surface area contributed by atoms with E-state index in [1.54, 1.807) is 6.07 Å². The van der Waals surface area contributed by atoms with Gasteiger partial charge in [0.2, 0.25) is 0 Å². The SMILES string of the molecule is O=C1NCc2c1ccnc2-c1ccc(F)cc1OC(F)F. The fourth-order valence-electron chi connectivity index (χ4n) is 2.27. The number of nitrogens with one attached hydrogen (secondary N) is 1. The summed E-state index contributed by atoms with van der Waals surface area (Å²) in [6.45, 7) is -2.84. The summed E-state index contributed by atoms with van der Waals surface area (Å²) >= 11 is 0. The lowest BCUT2D eigenvalue weighted by molar-refractivity contribution is -0.0496. The van der Waals surface area contributed by atoms with E-state index in [1.807, 2.05) is 0 Å². The zero-order chi connectivity index (χ0) is 15.0. The Kier molecular flexibility index (Phi) is 3.25. The lowest BCUT2D eigenvalue weighted by Gasteiger charge is -2.12. The molecule has 0 atom stereocenters. The summed E-state index contributed by atoms with van der Waals surface area (Å²) in [4.78, 5) is 15.7. The first-order valence-corrected chi connectivity index (χ1v) is 6.07. The molecule has 0 fully saturated rings. The number of alkyl halides is 2. The fourth-order valence-corrected chi connectivity index (χ4v) is 2.27. The Morgan fingerprint density at radius 3 is 2.81 bits per heavy atom. The Balaban J connectivity index is 2.15. The van der Waals surface area contributed by atoms with Gasteiger partial charge in [0.05, 0.1) is 5.69 Å². The monoisotopic (exact) mass is 294 g/mol. The van der Waals surface area contributed by atoms with Gasteiger partial charge in [-0.1, -0.05) is 0 Å². The molecule has 0 aliphatic carbocycles. The van der Waals surface area contributed by atoms with Crippen LogP contribution in [0.4, 0.5) is 13.2 Å². The number of pyridine rings is 1. The quantitative estimate of drug-likeness (QED) is 0.947. The number of benzene rings is 1. The summed E-state index contributed by atoms with van der Waals surface area (Å²) in [5.74, 6) is -1.27. The summed E-state index contributed by atoms with van der Waals surface area (Å²) in [6, 6.07) is 4.84. The van der Waals surface area contributed by atoms with Crippen LogP contribution in [0, 0.1) is 5.82 Å². The molecule has 108 valence electrons. The Labute approximate surface area is 117 Å². The zero-order valence-corrected chi connectivity index (χ0v) is 10.6. The van der Waals surface area contributed by atoms with Crippen molar-refractivity contribution in [3.8, 4) is 17.0 Å². The first-order chi connectivity index (χ1) is 10.1. The van der Waals surface area contributed by atoms with Crippen LogP contribution < -0.4 is 10.1 Å². The van der Waals surface area contributed by atoms with Crippen LogP contribution in [0.5, 0.6) is 5.75 Å². The number of aromatic nitrogens is 1. The molecule has 7 heteroatoms. The van der Waals surface area contributed by atoms with E-state index in [-0.39, 0.29) is 23.8 Å². The van der Waals surface area contributed by atoms with E-state index in [0.717, 1.165) is 12.1 Å². The van der Waals surface area contributed by atoms with Crippen molar-refractivity contribution in [1.82, 2.24) is 10.3 Å². The van der Waals surface area contributed by atoms with Gasteiger partial charge >= 0.3 is 6.61 Å². The number of nitrogens with zero attached hydrogens (tertiary/aromatic N) is 1. The van der Waals surface area contributed by atoms with Crippen molar-refractivity contribution in [2.45, 2.75) is 13.2 Å². The molecule has 1 aliphatic heterocycles. The molecule has 0 unspecified atom stereocenters. The Morgan fingerprint density at radius 2 is 2.05 bits per heavy atom. The predicted octanol–water partition coefficient (Wildman–Crippen LogP) is 2.73. The van der Waals surface area contributed by atoms with Crippen molar-refractivity contribution < 1.29 is 22.7 Å². The average Bonchev–Trinajstić information content (AvgIpc) is 2.81. The van der Waals surface area contributed by atoms with Gasteiger partial charge < -0.3 is 10.1 Å². The first kappa shape index (κ1) is 13.4. The Morgan fingerprint density at radius 1 is 1.24 bits per heavy atom. The second-order valence-corrected chi connectivity index (χ2v) is 4.39. The normalized spacial score (nSPS) is 13.2. The lowest BCUT2D eigenvalue weighted by Crippen LogP contribution is -2.12. The molecule has 0 radical (unpaired) electrons. The van der Waals surface area contributed by atoms with E-state index in [1.165, 1.54) is 12.3 Å². The van der Waals surface area contributed by atoms with Crippen LogP contribution in [0.1, 0.15) is 15.9 Å². The highest BCUT2D eigenvalue weighted by molar-refractivity contribution is 6.00. The molecule has 2 aromatic rings. The molecule has 0 saturated heterocycles. The topological polar surface area (TPSA) is 51.2 Å². The smallest absolute Gasteiger partial charge is 0.387 e. The van der Waals surface area contributed by atoms with E-state index < -0.39 is 12.4 Å². The van der Waals surface area contributed by atoms with E-state index in [9.17, 15) is 18.0 Å². The number of carbonyl (C=O) groups excluding carboxylic acids is 1. The van der Waals surface area contributed by atoms with Crippen LogP contribution in [0.15, 0.2) is 30.5 Å². The lowest BCUT2D eigenvalue weighted by atomic mass is 10.0. The number of halogens is 3. The van der Waals surface area contributed by atoms with Crippen molar-refractivity contribution in [3.05, 3.63) is 47.4 Å². The fraction of sp³-hybridized carbons (Fsp3) is 0.143. The molecule has 0 bridgehead atoms. The number of amides is 1. The third kappa shape index (κ3) is 2.42. The molecule has 1 aromatic heterocycles. The number of fused-ring (bicyclic) bond motifs is 1. The molecule has 1 aliphatic rings. The van der Waals surface area contributed by atoms with E-state index in [4.69, 9.17) is 0 Å². The summed E-state index contributed by atoms with van der Waals surface area (Å²) in [5, 5.41) is 2.62. The molecular formula is C14H9F3N2O2. The number of hydrogen-bond donors (Lipinski definition) is 1. The van der Waals surface area contributed by atoms with Crippen molar-refractivity contribution in [1.29, 1.82) is 0 Å². The minimum Gasteiger partial charge on any atom is -0.434 e. The summed E-state index contributed by atoms with van der Waals surface area (Å²) < 4.78 is 42.5. The van der Waals surface area contributed by atoms with Crippen LogP contribution in [-0.2, 0) is 6.54 Å². The molecule has 21 heavy (non-hydrogen) atoms. The van der Waals surface area contributed by atoms with Gasteiger partial charge in [0.1, 0.15) is 11.6 Å². The Hall–Kier alpha value is -2.57. The standard InChI is InChI=1S/C14H9F3N2O2/c15-7-1-2-9(11(5-7)21-14(16)17)12-10-6-19-13(20)8(10)3-4-18-12/h1-5,14H,6H2,(H,19,20). The summed E-state index contributed by atoms with van der Waals surface area (Å²) in [5.41, 5.74) is 1.53. The molecular weight excluding hydrogens is 285 g/mol. The maximum atomic E-state index is 13.2.